The predicted octanol–water partition coefficient (Wildman–Crippen LogP) is 8.65. The summed E-state index contributed by atoms with van der Waals surface area (Å²) in [7, 11) is -6.19. The average Bonchev–Trinajstić information content (AvgIpc) is 2.52. The molecule has 1 N–H and O–H groups in total. The predicted molar refractivity (Wildman–Crippen MR) is 148 cm³/mol. The number of benzene rings is 1. The van der Waals surface area contributed by atoms with Crippen LogP contribution in [0.5, 0.6) is 5.75 Å². The maximum absolute atomic E-state index is 13.5. The Hall–Kier alpha value is -1.06. The third-order valence-electron chi connectivity index (χ3n) is 7.86. The standard InChI is InChI=1S/C25H49NO3Si3/c1-23(2,3)30(10,11)26-19-16-17-21(28-31(12,13)24(4,5)6)20(18-19)22(27)29-32(14,15)25(7,8)9/h16-18,26H,1-15H3. The molecule has 0 heterocycles. The van der Waals surface area contributed by atoms with Gasteiger partial charge in [0, 0.05) is 5.69 Å². The van der Waals surface area contributed by atoms with Gasteiger partial charge in [0.25, 0.3) is 16.6 Å². The molecule has 0 aliphatic heterocycles. The molecule has 0 unspecified atom stereocenters. The Kier molecular flexibility index (Phi) is 8.10. The lowest BCUT2D eigenvalue weighted by molar-refractivity contribution is 0.0710. The molecule has 32 heavy (non-hydrogen) atoms. The topological polar surface area (TPSA) is 47.6 Å². The van der Waals surface area contributed by atoms with E-state index < -0.39 is 24.9 Å². The lowest BCUT2D eigenvalue weighted by atomic mass is 10.2. The highest BCUT2D eigenvalue weighted by Gasteiger charge is 2.43. The zero-order valence-electron chi connectivity index (χ0n) is 23.5. The molecule has 1 aromatic rings. The first-order valence-electron chi connectivity index (χ1n) is 11.8. The molecule has 0 saturated carbocycles. The van der Waals surface area contributed by atoms with Gasteiger partial charge in [-0.25, -0.2) is 4.79 Å². The van der Waals surface area contributed by atoms with Crippen LogP contribution in [0.4, 0.5) is 5.69 Å². The largest absolute Gasteiger partial charge is 0.543 e. The van der Waals surface area contributed by atoms with Crippen LogP contribution in [0.15, 0.2) is 18.2 Å². The monoisotopic (exact) mass is 495 g/mol. The van der Waals surface area contributed by atoms with Crippen LogP contribution < -0.4 is 9.41 Å². The summed E-state index contributed by atoms with van der Waals surface area (Å²) in [5, 5.41) is 0.150. The molecular formula is C25H49NO3Si3. The molecular weight excluding hydrogens is 447 g/mol. The van der Waals surface area contributed by atoms with Gasteiger partial charge in [-0.2, -0.15) is 0 Å². The Morgan fingerprint density at radius 2 is 1.22 bits per heavy atom. The van der Waals surface area contributed by atoms with Crippen LogP contribution >= 0.6 is 0 Å². The number of hydrogen-bond donors (Lipinski definition) is 1. The fourth-order valence-corrected chi connectivity index (χ4v) is 5.44. The number of carbonyl (C=O) groups is 1. The van der Waals surface area contributed by atoms with Crippen LogP contribution in [0.3, 0.4) is 0 Å². The minimum atomic E-state index is -2.27. The first kappa shape index (κ1) is 29.0. The molecule has 4 nitrogen and oxygen atoms in total. The van der Waals surface area contributed by atoms with Gasteiger partial charge in [-0.1, -0.05) is 75.4 Å². The summed E-state index contributed by atoms with van der Waals surface area (Å²) in [5.74, 6) is 0.366. The molecule has 0 radical (unpaired) electrons. The van der Waals surface area contributed by atoms with E-state index in [4.69, 9.17) is 8.85 Å². The Balaban J connectivity index is 3.50. The molecule has 0 aromatic heterocycles. The van der Waals surface area contributed by atoms with E-state index >= 15 is 0 Å². The van der Waals surface area contributed by atoms with Crippen molar-refractivity contribution < 1.29 is 13.6 Å². The number of rotatable bonds is 6. The number of hydrogen-bond acceptors (Lipinski definition) is 4. The molecule has 0 aliphatic rings. The maximum Gasteiger partial charge on any atom is 0.328 e. The van der Waals surface area contributed by atoms with Crippen LogP contribution in [0, 0.1) is 0 Å². The summed E-state index contributed by atoms with van der Waals surface area (Å²) in [6, 6.07) is 5.95. The molecule has 0 aliphatic carbocycles. The zero-order valence-corrected chi connectivity index (χ0v) is 26.5. The normalized spacial score (nSPS) is 14.2. The summed E-state index contributed by atoms with van der Waals surface area (Å²) < 4.78 is 12.8. The minimum absolute atomic E-state index is 0.0334. The number of nitrogens with one attached hydrogen (secondary N) is 1. The van der Waals surface area contributed by atoms with Gasteiger partial charge in [0.05, 0.1) is 0 Å². The molecule has 0 saturated heterocycles. The van der Waals surface area contributed by atoms with Crippen molar-refractivity contribution in [2.75, 3.05) is 4.98 Å². The highest BCUT2D eigenvalue weighted by molar-refractivity contribution is 6.83. The van der Waals surface area contributed by atoms with Crippen LogP contribution in [0.2, 0.25) is 54.4 Å². The van der Waals surface area contributed by atoms with Gasteiger partial charge in [0.15, 0.2) is 8.24 Å². The average molecular weight is 496 g/mol. The summed E-state index contributed by atoms with van der Waals surface area (Å²) >= 11 is 0. The Labute approximate surface area is 201 Å². The second kappa shape index (κ2) is 8.95. The highest BCUT2D eigenvalue weighted by atomic mass is 28.4. The fraction of sp³-hybridized carbons (Fsp3) is 0.720. The third-order valence-corrected chi connectivity index (χ3v) is 21.2. The van der Waals surface area contributed by atoms with E-state index in [9.17, 15) is 4.79 Å². The van der Waals surface area contributed by atoms with E-state index in [1.54, 1.807) is 0 Å². The van der Waals surface area contributed by atoms with Crippen molar-refractivity contribution in [1.82, 2.24) is 0 Å². The van der Waals surface area contributed by atoms with Gasteiger partial charge < -0.3 is 13.8 Å². The summed E-state index contributed by atoms with van der Waals surface area (Å²) in [4.78, 5) is 17.3. The van der Waals surface area contributed by atoms with Gasteiger partial charge in [-0.05, 0) is 59.5 Å². The van der Waals surface area contributed by atoms with Gasteiger partial charge in [0.2, 0.25) is 0 Å². The summed E-state index contributed by atoms with van der Waals surface area (Å²) in [6.45, 7) is 33.2. The van der Waals surface area contributed by atoms with Crippen LogP contribution in [-0.4, -0.2) is 30.8 Å². The van der Waals surface area contributed by atoms with Crippen LogP contribution in [0.1, 0.15) is 72.7 Å². The van der Waals surface area contributed by atoms with Crippen molar-refractivity contribution in [3.8, 4) is 5.75 Å². The van der Waals surface area contributed by atoms with Crippen molar-refractivity contribution in [2.24, 2.45) is 0 Å². The molecule has 0 bridgehead atoms. The minimum Gasteiger partial charge on any atom is -0.543 e. The molecule has 0 spiro atoms. The SMILES string of the molecule is CC(C)(C)[Si](C)(C)Nc1ccc(O[Si](C)(C)C(C)(C)C)c(C(=O)O[Si](C)(C)C(C)(C)C)c1. The molecule has 184 valence electrons. The maximum atomic E-state index is 13.5. The number of anilines is 1. The Morgan fingerprint density at radius 1 is 0.750 bits per heavy atom. The van der Waals surface area contributed by atoms with Crippen molar-refractivity contribution in [3.63, 3.8) is 0 Å². The van der Waals surface area contributed by atoms with E-state index in [-0.39, 0.29) is 21.1 Å². The van der Waals surface area contributed by atoms with E-state index in [0.29, 0.717) is 11.3 Å². The van der Waals surface area contributed by atoms with Crippen molar-refractivity contribution in [3.05, 3.63) is 23.8 Å². The zero-order chi connectivity index (χ0) is 25.6. The van der Waals surface area contributed by atoms with E-state index in [1.807, 2.05) is 18.2 Å². The molecule has 0 amide bonds. The third kappa shape index (κ3) is 6.73. The lowest BCUT2D eigenvalue weighted by Crippen LogP contribution is -2.46. The lowest BCUT2D eigenvalue weighted by Gasteiger charge is -2.39. The van der Waals surface area contributed by atoms with Gasteiger partial charge in [-0.3, -0.25) is 0 Å². The molecule has 0 fully saturated rings. The van der Waals surface area contributed by atoms with Gasteiger partial charge in [-0.15, -0.1) is 0 Å². The van der Waals surface area contributed by atoms with E-state index in [1.165, 1.54) is 0 Å². The van der Waals surface area contributed by atoms with E-state index in [2.05, 4.69) is 107 Å². The number of carbonyl (C=O) groups excluding carboxylic acids is 1. The van der Waals surface area contributed by atoms with Gasteiger partial charge in [0.1, 0.15) is 11.3 Å². The molecule has 0 atom stereocenters. The highest BCUT2D eigenvalue weighted by Crippen LogP contribution is 2.42. The fourth-order valence-electron chi connectivity index (χ4n) is 2.27. The Bertz CT molecular complexity index is 826. The molecule has 7 heteroatoms. The van der Waals surface area contributed by atoms with Crippen LogP contribution in [0.25, 0.3) is 0 Å². The quantitative estimate of drug-likeness (QED) is 0.401. The van der Waals surface area contributed by atoms with Crippen molar-refractivity contribution in [2.45, 2.75) is 117 Å². The van der Waals surface area contributed by atoms with Gasteiger partial charge >= 0.3 is 5.97 Å². The van der Waals surface area contributed by atoms with Crippen molar-refractivity contribution in [1.29, 1.82) is 0 Å². The Morgan fingerprint density at radius 3 is 1.62 bits per heavy atom. The van der Waals surface area contributed by atoms with E-state index in [0.717, 1.165) is 5.69 Å². The summed E-state index contributed by atoms with van der Waals surface area (Å²) in [5.41, 5.74) is 1.49. The molecule has 1 rings (SSSR count). The van der Waals surface area contributed by atoms with Crippen molar-refractivity contribution >= 4 is 36.5 Å². The molecule has 1 aromatic carbocycles. The first-order chi connectivity index (χ1) is 13.9. The van der Waals surface area contributed by atoms with Crippen LogP contribution in [-0.2, 0) is 4.43 Å². The second-order valence-corrected chi connectivity index (χ2v) is 28.2. The first-order valence-corrected chi connectivity index (χ1v) is 20.6. The second-order valence-electron chi connectivity index (χ2n) is 13.7. The smallest absolute Gasteiger partial charge is 0.328 e. The summed E-state index contributed by atoms with van der Waals surface area (Å²) in [6.07, 6.45) is 0.